The van der Waals surface area contributed by atoms with Crippen LogP contribution in [0.2, 0.25) is 5.02 Å². The maximum Gasteiger partial charge on any atom is 0.435 e. The van der Waals surface area contributed by atoms with E-state index in [2.05, 4.69) is 10.4 Å². The fourth-order valence-corrected chi connectivity index (χ4v) is 3.51. The highest BCUT2D eigenvalue weighted by Crippen LogP contribution is 2.35. The molecular weight excluding hydrogens is 379 g/mol. The summed E-state index contributed by atoms with van der Waals surface area (Å²) in [7, 11) is 0. The lowest BCUT2D eigenvalue weighted by atomic mass is 9.95. The molecule has 1 amide bonds. The van der Waals surface area contributed by atoms with Crippen LogP contribution in [0.4, 0.5) is 18.9 Å². The van der Waals surface area contributed by atoms with Crippen LogP contribution in [0.1, 0.15) is 48.2 Å². The molecule has 0 unspecified atom stereocenters. The summed E-state index contributed by atoms with van der Waals surface area (Å²) in [6.45, 7) is 6.06. The zero-order valence-electron chi connectivity index (χ0n) is 14.6. The highest BCUT2D eigenvalue weighted by Gasteiger charge is 2.39. The van der Waals surface area contributed by atoms with Crippen LogP contribution >= 0.6 is 11.6 Å². The van der Waals surface area contributed by atoms with E-state index in [1.807, 2.05) is 0 Å². The Kier molecular flexibility index (Phi) is 5.79. The Hall–Kier alpha value is -2.02. The quantitative estimate of drug-likeness (QED) is 0.779. The third kappa shape index (κ3) is 4.64. The second-order valence-electron chi connectivity index (χ2n) is 6.59. The van der Waals surface area contributed by atoms with Crippen LogP contribution in [0, 0.1) is 6.92 Å². The number of hydrogen-bond donors (Lipinski definition) is 1. The summed E-state index contributed by atoms with van der Waals surface area (Å²) in [6.07, 6.45) is -1.33. The molecule has 1 aromatic carbocycles. The smallest absolute Gasteiger partial charge is 0.326 e. The Morgan fingerprint density at radius 3 is 2.74 bits per heavy atom. The van der Waals surface area contributed by atoms with E-state index in [1.165, 1.54) is 10.7 Å². The minimum absolute atomic E-state index is 0.151. The minimum Gasteiger partial charge on any atom is -0.326 e. The van der Waals surface area contributed by atoms with Crippen molar-refractivity contribution in [3.8, 4) is 0 Å². The normalized spacial score (nSPS) is 14.1. The molecule has 1 aliphatic carbocycles. The number of amides is 1. The predicted octanol–water partition coefficient (Wildman–Crippen LogP) is 4.91. The fourth-order valence-electron chi connectivity index (χ4n) is 3.33. The van der Waals surface area contributed by atoms with Crippen molar-refractivity contribution in [3.63, 3.8) is 0 Å². The van der Waals surface area contributed by atoms with Gasteiger partial charge in [0.1, 0.15) is 0 Å². The molecule has 0 saturated carbocycles. The summed E-state index contributed by atoms with van der Waals surface area (Å²) >= 11 is 5.81. The molecule has 0 spiro atoms. The predicted molar refractivity (Wildman–Crippen MR) is 96.6 cm³/mol. The third-order valence-corrected chi connectivity index (χ3v) is 4.82. The van der Waals surface area contributed by atoms with Gasteiger partial charge in [0.2, 0.25) is 5.91 Å². The maximum absolute atomic E-state index is 13.2. The molecular formula is C19H19ClF3N3O. The summed E-state index contributed by atoms with van der Waals surface area (Å²) in [5, 5.41) is 6.94. The van der Waals surface area contributed by atoms with Crippen molar-refractivity contribution in [3.05, 3.63) is 52.7 Å². The summed E-state index contributed by atoms with van der Waals surface area (Å²) in [5.41, 5.74) is 0.991. The number of fused-ring (bicyclic) bond motifs is 1. The zero-order chi connectivity index (χ0) is 19.6. The molecule has 2 aromatic rings. The van der Waals surface area contributed by atoms with Gasteiger partial charge in [0.15, 0.2) is 5.69 Å². The molecule has 0 bridgehead atoms. The molecule has 144 valence electrons. The van der Waals surface area contributed by atoms with Gasteiger partial charge in [0.05, 0.1) is 0 Å². The minimum atomic E-state index is -4.45. The number of nitrogens with zero attached hydrogens (tertiary/aromatic N) is 2. The van der Waals surface area contributed by atoms with Gasteiger partial charge >= 0.3 is 6.18 Å². The van der Waals surface area contributed by atoms with Crippen LogP contribution in [0.3, 0.4) is 0 Å². The maximum atomic E-state index is 13.2. The van der Waals surface area contributed by atoms with E-state index >= 15 is 0 Å². The first-order chi connectivity index (χ1) is 12.8. The largest absolute Gasteiger partial charge is 0.435 e. The Labute approximate surface area is 160 Å². The number of carbonyl (C=O) groups is 1. The third-order valence-electron chi connectivity index (χ3n) is 4.59. The first-order valence-corrected chi connectivity index (χ1v) is 9.14. The van der Waals surface area contributed by atoms with E-state index in [0.29, 0.717) is 46.8 Å². The monoisotopic (exact) mass is 397 g/mol. The van der Waals surface area contributed by atoms with E-state index in [4.69, 9.17) is 18.5 Å². The van der Waals surface area contributed by atoms with Crippen LogP contribution < -0.4 is 5.32 Å². The number of halogens is 4. The first-order valence-electron chi connectivity index (χ1n) is 8.76. The second-order valence-corrected chi connectivity index (χ2v) is 7.02. The van der Waals surface area contributed by atoms with Crippen LogP contribution in [0.15, 0.2) is 18.2 Å². The van der Waals surface area contributed by atoms with Gasteiger partial charge in [-0.15, -0.1) is 0 Å². The van der Waals surface area contributed by atoms with Crippen molar-refractivity contribution < 1.29 is 18.0 Å². The molecule has 2 radical (unpaired) electrons. The van der Waals surface area contributed by atoms with E-state index in [9.17, 15) is 18.0 Å². The van der Waals surface area contributed by atoms with Gasteiger partial charge in [0.25, 0.3) is 0 Å². The van der Waals surface area contributed by atoms with Crippen molar-refractivity contribution in [1.29, 1.82) is 0 Å². The Morgan fingerprint density at radius 2 is 2.04 bits per heavy atom. The lowest BCUT2D eigenvalue weighted by Crippen LogP contribution is -2.15. The van der Waals surface area contributed by atoms with Gasteiger partial charge in [-0.05, 0) is 55.9 Å². The Morgan fingerprint density at radius 1 is 1.30 bits per heavy atom. The van der Waals surface area contributed by atoms with Crippen molar-refractivity contribution in [2.45, 2.75) is 51.2 Å². The number of anilines is 1. The number of rotatable bonds is 5. The van der Waals surface area contributed by atoms with E-state index in [1.54, 1.807) is 12.1 Å². The molecule has 1 N–H and O–H groups in total. The van der Waals surface area contributed by atoms with Crippen LogP contribution in [0.5, 0.6) is 0 Å². The molecule has 0 saturated heterocycles. The van der Waals surface area contributed by atoms with Gasteiger partial charge in [0, 0.05) is 41.9 Å². The van der Waals surface area contributed by atoms with Gasteiger partial charge in [-0.3, -0.25) is 9.48 Å². The van der Waals surface area contributed by atoms with Gasteiger partial charge in [-0.25, -0.2) is 0 Å². The van der Waals surface area contributed by atoms with Crippen molar-refractivity contribution in [2.75, 3.05) is 5.32 Å². The molecule has 8 heteroatoms. The highest BCUT2D eigenvalue weighted by molar-refractivity contribution is 6.30. The Balaban J connectivity index is 1.62. The first kappa shape index (κ1) is 19.7. The molecule has 1 aliphatic rings. The lowest BCUT2D eigenvalue weighted by Gasteiger charge is -2.14. The van der Waals surface area contributed by atoms with Crippen molar-refractivity contribution in [1.82, 2.24) is 9.78 Å². The van der Waals surface area contributed by atoms with E-state index in [-0.39, 0.29) is 18.9 Å². The zero-order valence-corrected chi connectivity index (χ0v) is 15.3. The van der Waals surface area contributed by atoms with Crippen LogP contribution in [-0.4, -0.2) is 15.7 Å². The number of benzene rings is 1. The van der Waals surface area contributed by atoms with Crippen LogP contribution in [-0.2, 0) is 30.4 Å². The average molecular weight is 398 g/mol. The molecule has 27 heavy (non-hydrogen) atoms. The molecule has 3 rings (SSSR count). The molecule has 0 fully saturated rings. The summed E-state index contributed by atoms with van der Waals surface area (Å²) in [4.78, 5) is 12.1. The average Bonchev–Trinajstić information content (AvgIpc) is 2.97. The highest BCUT2D eigenvalue weighted by atomic mass is 35.5. The number of hydrogen-bond acceptors (Lipinski definition) is 2. The molecule has 0 aliphatic heterocycles. The molecule has 1 aromatic heterocycles. The second kappa shape index (κ2) is 7.92. The molecule has 0 atom stereocenters. The van der Waals surface area contributed by atoms with Crippen molar-refractivity contribution >= 4 is 23.2 Å². The summed E-state index contributed by atoms with van der Waals surface area (Å²) in [6, 6.07) is 4.75. The standard InChI is InChI=1S/C19H19ClF3N3O/c1-12-11-13(20)8-9-15(12)24-17(27)7-4-10-26-16-6-3-2-5-14(16)18(25-26)19(21,22)23/h1,8-9,11H,2-7,10H2,(H,24,27). The number of carbonyl (C=O) groups excluding carboxylic acids is 1. The molecule has 4 nitrogen and oxygen atoms in total. The van der Waals surface area contributed by atoms with Gasteiger partial charge in [-0.2, -0.15) is 18.3 Å². The SMILES string of the molecule is [CH]c1cc(Cl)ccc1NC(=O)CCCn1nc(C(F)(F)F)c2c1CCCC2. The lowest BCUT2D eigenvalue weighted by molar-refractivity contribution is -0.142. The summed E-state index contributed by atoms with van der Waals surface area (Å²) < 4.78 is 41.0. The van der Waals surface area contributed by atoms with Gasteiger partial charge < -0.3 is 5.32 Å². The van der Waals surface area contributed by atoms with Crippen LogP contribution in [0.25, 0.3) is 0 Å². The Bertz CT molecular complexity index is 845. The van der Waals surface area contributed by atoms with Crippen molar-refractivity contribution in [2.24, 2.45) is 0 Å². The number of aryl methyl sites for hydroxylation is 1. The number of nitrogens with one attached hydrogen (secondary N) is 1. The number of aromatic nitrogens is 2. The van der Waals surface area contributed by atoms with E-state index in [0.717, 1.165) is 12.8 Å². The molecule has 1 heterocycles. The van der Waals surface area contributed by atoms with Gasteiger partial charge in [-0.1, -0.05) is 11.6 Å². The fraction of sp³-hybridized carbons (Fsp3) is 0.421. The number of alkyl halides is 3. The van der Waals surface area contributed by atoms with E-state index < -0.39 is 11.9 Å². The topological polar surface area (TPSA) is 46.9 Å². The summed E-state index contributed by atoms with van der Waals surface area (Å²) in [5.74, 6) is -0.263.